The van der Waals surface area contributed by atoms with Gasteiger partial charge in [-0.1, -0.05) is 23.7 Å². The number of anilines is 3. The van der Waals surface area contributed by atoms with Crippen LogP contribution in [0.25, 0.3) is 0 Å². The number of hydrogen-bond donors (Lipinski definition) is 2. The van der Waals surface area contributed by atoms with Crippen LogP contribution >= 0.6 is 11.6 Å². The summed E-state index contributed by atoms with van der Waals surface area (Å²) in [6.07, 6.45) is 1.77. The number of rotatable bonds is 5. The quantitative estimate of drug-likeness (QED) is 0.716. The molecular formula is C18H18ClN5. The van der Waals surface area contributed by atoms with Crippen LogP contribution in [0.3, 0.4) is 0 Å². The molecule has 3 aromatic rings. The van der Waals surface area contributed by atoms with Gasteiger partial charge in [0.15, 0.2) is 0 Å². The first-order valence-electron chi connectivity index (χ1n) is 7.63. The summed E-state index contributed by atoms with van der Waals surface area (Å²) in [6, 6.07) is 13.4. The van der Waals surface area contributed by atoms with Crippen molar-refractivity contribution in [2.24, 2.45) is 0 Å². The fraction of sp³-hybridized carbons (Fsp3) is 0.167. The maximum atomic E-state index is 6.17. The van der Waals surface area contributed by atoms with Gasteiger partial charge in [-0.2, -0.15) is 0 Å². The number of nitrogens with zero attached hydrogens (tertiary/aromatic N) is 3. The SMILES string of the molecule is Cc1nc(NCc2ccccn2)cc(Nc2cccc(Cl)c2C)n1. The minimum Gasteiger partial charge on any atom is -0.364 e. The molecule has 0 fully saturated rings. The molecule has 1 aromatic carbocycles. The van der Waals surface area contributed by atoms with Crippen LogP contribution in [0.5, 0.6) is 0 Å². The molecule has 0 aliphatic heterocycles. The molecule has 2 aromatic heterocycles. The predicted octanol–water partition coefficient (Wildman–Crippen LogP) is 4.50. The van der Waals surface area contributed by atoms with Crippen LogP contribution < -0.4 is 10.6 Å². The number of nitrogens with one attached hydrogen (secondary N) is 2. The lowest BCUT2D eigenvalue weighted by molar-refractivity contribution is 0.996. The molecule has 0 amide bonds. The summed E-state index contributed by atoms with van der Waals surface area (Å²) in [4.78, 5) is 13.1. The number of aryl methyl sites for hydroxylation is 1. The third-order valence-electron chi connectivity index (χ3n) is 3.55. The van der Waals surface area contributed by atoms with Gasteiger partial charge < -0.3 is 10.6 Å². The smallest absolute Gasteiger partial charge is 0.136 e. The number of halogens is 1. The van der Waals surface area contributed by atoms with Crippen LogP contribution in [0.4, 0.5) is 17.3 Å². The van der Waals surface area contributed by atoms with E-state index in [1.165, 1.54) is 0 Å². The lowest BCUT2D eigenvalue weighted by atomic mass is 10.2. The Kier molecular flexibility index (Phi) is 4.91. The lowest BCUT2D eigenvalue weighted by Gasteiger charge is -2.12. The third kappa shape index (κ3) is 4.00. The summed E-state index contributed by atoms with van der Waals surface area (Å²) < 4.78 is 0. The van der Waals surface area contributed by atoms with Crippen molar-refractivity contribution in [2.75, 3.05) is 10.6 Å². The Hall–Kier alpha value is -2.66. The largest absolute Gasteiger partial charge is 0.364 e. The van der Waals surface area contributed by atoms with Gasteiger partial charge in [-0.3, -0.25) is 4.98 Å². The number of aromatic nitrogens is 3. The van der Waals surface area contributed by atoms with Crippen molar-refractivity contribution < 1.29 is 0 Å². The maximum absolute atomic E-state index is 6.17. The standard InChI is InChI=1S/C18H18ClN5/c1-12-15(19)7-5-8-16(12)24-18-10-17(22-13(2)23-18)21-11-14-6-3-4-9-20-14/h3-10H,11H2,1-2H3,(H2,21,22,23,24). The summed E-state index contributed by atoms with van der Waals surface area (Å²) in [5, 5.41) is 7.30. The van der Waals surface area contributed by atoms with E-state index >= 15 is 0 Å². The first kappa shape index (κ1) is 16.2. The molecule has 2 N–H and O–H groups in total. The van der Waals surface area contributed by atoms with Gasteiger partial charge in [0.1, 0.15) is 17.5 Å². The average molecular weight is 340 g/mol. The zero-order valence-electron chi connectivity index (χ0n) is 13.5. The summed E-state index contributed by atoms with van der Waals surface area (Å²) in [7, 11) is 0. The van der Waals surface area contributed by atoms with Crippen LogP contribution in [-0.4, -0.2) is 15.0 Å². The van der Waals surface area contributed by atoms with E-state index in [-0.39, 0.29) is 0 Å². The van der Waals surface area contributed by atoms with Crippen molar-refractivity contribution in [1.82, 2.24) is 15.0 Å². The molecular weight excluding hydrogens is 322 g/mol. The molecule has 0 saturated heterocycles. The molecule has 5 nitrogen and oxygen atoms in total. The van der Waals surface area contributed by atoms with Gasteiger partial charge >= 0.3 is 0 Å². The zero-order chi connectivity index (χ0) is 16.9. The van der Waals surface area contributed by atoms with Gasteiger partial charge in [0.2, 0.25) is 0 Å². The van der Waals surface area contributed by atoms with Crippen molar-refractivity contribution in [3.8, 4) is 0 Å². The predicted molar refractivity (Wildman–Crippen MR) is 97.8 cm³/mol. The average Bonchev–Trinajstić information content (AvgIpc) is 2.58. The van der Waals surface area contributed by atoms with E-state index < -0.39 is 0 Å². The Morgan fingerprint density at radius 3 is 2.62 bits per heavy atom. The second kappa shape index (κ2) is 7.27. The summed E-state index contributed by atoms with van der Waals surface area (Å²) in [5.74, 6) is 2.15. The van der Waals surface area contributed by atoms with Crippen molar-refractivity contribution >= 4 is 28.9 Å². The van der Waals surface area contributed by atoms with E-state index in [0.717, 1.165) is 33.6 Å². The summed E-state index contributed by atoms with van der Waals surface area (Å²) in [6.45, 7) is 4.44. The third-order valence-corrected chi connectivity index (χ3v) is 3.95. The molecule has 0 saturated carbocycles. The van der Waals surface area contributed by atoms with Gasteiger partial charge in [0.25, 0.3) is 0 Å². The van der Waals surface area contributed by atoms with E-state index in [2.05, 4.69) is 25.6 Å². The zero-order valence-corrected chi connectivity index (χ0v) is 14.3. The molecule has 0 radical (unpaired) electrons. The van der Waals surface area contributed by atoms with Gasteiger partial charge in [-0.15, -0.1) is 0 Å². The molecule has 2 heterocycles. The lowest BCUT2D eigenvalue weighted by Crippen LogP contribution is -2.06. The number of hydrogen-bond acceptors (Lipinski definition) is 5. The van der Waals surface area contributed by atoms with Crippen molar-refractivity contribution in [2.45, 2.75) is 20.4 Å². The van der Waals surface area contributed by atoms with Crippen LogP contribution in [0, 0.1) is 13.8 Å². The second-order valence-electron chi connectivity index (χ2n) is 5.40. The Labute approximate surface area is 146 Å². The van der Waals surface area contributed by atoms with E-state index in [9.17, 15) is 0 Å². The number of pyridine rings is 1. The fourth-order valence-electron chi connectivity index (χ4n) is 2.29. The Morgan fingerprint density at radius 1 is 1.00 bits per heavy atom. The molecule has 0 aliphatic rings. The fourth-order valence-corrected chi connectivity index (χ4v) is 2.46. The Balaban J connectivity index is 1.77. The van der Waals surface area contributed by atoms with Gasteiger partial charge in [0, 0.05) is 23.0 Å². The molecule has 0 spiro atoms. The highest BCUT2D eigenvalue weighted by molar-refractivity contribution is 6.31. The number of benzene rings is 1. The molecule has 0 atom stereocenters. The van der Waals surface area contributed by atoms with Gasteiger partial charge in [-0.25, -0.2) is 9.97 Å². The minimum absolute atomic E-state index is 0.604. The monoisotopic (exact) mass is 339 g/mol. The van der Waals surface area contributed by atoms with Crippen molar-refractivity contribution in [1.29, 1.82) is 0 Å². The molecule has 0 aliphatic carbocycles. The first-order chi connectivity index (χ1) is 11.6. The maximum Gasteiger partial charge on any atom is 0.136 e. The Bertz CT molecular complexity index is 836. The van der Waals surface area contributed by atoms with E-state index in [0.29, 0.717) is 12.4 Å². The normalized spacial score (nSPS) is 10.5. The van der Waals surface area contributed by atoms with Crippen LogP contribution in [-0.2, 0) is 6.54 Å². The minimum atomic E-state index is 0.604. The van der Waals surface area contributed by atoms with Gasteiger partial charge in [-0.05, 0) is 43.7 Å². The van der Waals surface area contributed by atoms with E-state index in [4.69, 9.17) is 11.6 Å². The molecule has 3 rings (SSSR count). The topological polar surface area (TPSA) is 62.7 Å². The molecule has 6 heteroatoms. The van der Waals surface area contributed by atoms with E-state index in [1.807, 2.05) is 56.3 Å². The molecule has 0 bridgehead atoms. The first-order valence-corrected chi connectivity index (χ1v) is 8.01. The molecule has 24 heavy (non-hydrogen) atoms. The van der Waals surface area contributed by atoms with Crippen molar-refractivity contribution in [3.63, 3.8) is 0 Å². The van der Waals surface area contributed by atoms with E-state index in [1.54, 1.807) is 6.20 Å². The van der Waals surface area contributed by atoms with Crippen molar-refractivity contribution in [3.05, 3.63) is 70.8 Å². The Morgan fingerprint density at radius 2 is 1.83 bits per heavy atom. The molecule has 122 valence electrons. The highest BCUT2D eigenvalue weighted by Gasteiger charge is 2.06. The highest BCUT2D eigenvalue weighted by Crippen LogP contribution is 2.26. The van der Waals surface area contributed by atoms with Crippen LogP contribution in [0.15, 0.2) is 48.7 Å². The summed E-state index contributed by atoms with van der Waals surface area (Å²) >= 11 is 6.17. The van der Waals surface area contributed by atoms with Gasteiger partial charge in [0.05, 0.1) is 12.2 Å². The molecule has 0 unspecified atom stereocenters. The second-order valence-corrected chi connectivity index (χ2v) is 5.80. The summed E-state index contributed by atoms with van der Waals surface area (Å²) in [5.41, 5.74) is 2.86. The highest BCUT2D eigenvalue weighted by atomic mass is 35.5. The van der Waals surface area contributed by atoms with Crippen LogP contribution in [0.1, 0.15) is 17.1 Å². The van der Waals surface area contributed by atoms with Crippen LogP contribution in [0.2, 0.25) is 5.02 Å².